The van der Waals surface area contributed by atoms with E-state index in [1.165, 1.54) is 25.7 Å². The Labute approximate surface area is 71.2 Å². The Morgan fingerprint density at radius 3 is 2.10 bits per heavy atom. The summed E-state index contributed by atoms with van der Waals surface area (Å²) in [7, 11) is -0.364. The van der Waals surface area contributed by atoms with Crippen molar-refractivity contribution in [2.75, 3.05) is 0 Å². The van der Waals surface area contributed by atoms with E-state index >= 15 is 0 Å². The number of hydrogen-bond donors (Lipinski definition) is 0. The molecule has 0 amide bonds. The van der Waals surface area contributed by atoms with E-state index in [1.54, 1.807) is 5.57 Å². The second-order valence-corrected chi connectivity index (χ2v) is 4.16. The van der Waals surface area contributed by atoms with E-state index in [1.807, 2.05) is 0 Å². The first-order chi connectivity index (χ1) is 4.85. The monoisotopic (exact) mass is 176 g/mol. The van der Waals surface area contributed by atoms with Crippen LogP contribution in [0.5, 0.6) is 0 Å². The Hall–Kier alpha value is 0.247. The Morgan fingerprint density at radius 1 is 1.30 bits per heavy atom. The molecule has 0 saturated carbocycles. The second kappa shape index (κ2) is 7.36. The van der Waals surface area contributed by atoms with Crippen LogP contribution in [-0.2, 0) is 0 Å². The van der Waals surface area contributed by atoms with Gasteiger partial charge in [0.15, 0.2) is 0 Å². The molecule has 60 valence electrons. The number of allylic oxidation sites excluding steroid dienone is 1. The molecule has 0 aromatic rings. The smallest absolute Gasteiger partial charge is 0.148 e. The Balaban J connectivity index is 3.60. The van der Waals surface area contributed by atoms with Gasteiger partial charge in [-0.3, -0.25) is 0 Å². The van der Waals surface area contributed by atoms with Crippen molar-refractivity contribution in [2.24, 2.45) is 0 Å². The highest BCUT2D eigenvalue weighted by Crippen LogP contribution is 2.11. The molecule has 0 aromatic carbocycles. The molecule has 2 heteroatoms. The summed E-state index contributed by atoms with van der Waals surface area (Å²) in [5.74, 6) is 0. The van der Waals surface area contributed by atoms with Crippen LogP contribution < -0.4 is 0 Å². The number of halogens is 1. The van der Waals surface area contributed by atoms with Gasteiger partial charge in [0.25, 0.3) is 0 Å². The maximum absolute atomic E-state index is 5.73. The molecule has 0 spiro atoms. The molecule has 0 aromatic heterocycles. The predicted molar refractivity (Wildman–Crippen MR) is 52.3 cm³/mol. The first-order valence-corrected chi connectivity index (χ1v) is 7.04. The van der Waals surface area contributed by atoms with Gasteiger partial charge in [-0.05, 0) is 12.8 Å². The van der Waals surface area contributed by atoms with Crippen LogP contribution in [0.2, 0.25) is 0 Å². The van der Waals surface area contributed by atoms with Gasteiger partial charge in [0.2, 0.25) is 0 Å². The third-order valence-electron chi connectivity index (χ3n) is 1.51. The number of hydrogen-bond acceptors (Lipinski definition) is 0. The molecule has 0 aliphatic heterocycles. The first kappa shape index (κ1) is 10.2. The summed E-state index contributed by atoms with van der Waals surface area (Å²) in [5, 5.41) is 0. The zero-order valence-electron chi connectivity index (χ0n) is 6.99. The quantitative estimate of drug-likeness (QED) is 0.447. The van der Waals surface area contributed by atoms with E-state index in [4.69, 9.17) is 11.1 Å². The molecule has 0 unspecified atom stereocenters. The van der Waals surface area contributed by atoms with Gasteiger partial charge in [-0.2, -0.15) is 11.1 Å². The van der Waals surface area contributed by atoms with Crippen molar-refractivity contribution in [2.45, 2.75) is 39.5 Å². The van der Waals surface area contributed by atoms with Crippen molar-refractivity contribution in [3.8, 4) is 0 Å². The molecular weight excluding hydrogens is 160 g/mol. The van der Waals surface area contributed by atoms with Crippen molar-refractivity contribution in [3.05, 3.63) is 11.3 Å². The van der Waals surface area contributed by atoms with Gasteiger partial charge in [0.05, 0.1) is 0 Å². The van der Waals surface area contributed by atoms with Crippen LogP contribution in [0.4, 0.5) is 0 Å². The van der Waals surface area contributed by atoms with Crippen molar-refractivity contribution in [1.82, 2.24) is 0 Å². The van der Waals surface area contributed by atoms with E-state index in [9.17, 15) is 0 Å². The van der Waals surface area contributed by atoms with Crippen LogP contribution in [0.3, 0.4) is 0 Å². The molecule has 0 nitrogen and oxygen atoms in total. The van der Waals surface area contributed by atoms with E-state index < -0.39 is 0 Å². The summed E-state index contributed by atoms with van der Waals surface area (Å²) in [6.07, 6.45) is 5.04. The van der Waals surface area contributed by atoms with Crippen LogP contribution >= 0.6 is 11.1 Å². The highest BCUT2D eigenvalue weighted by Gasteiger charge is 1.92. The molecule has 0 bridgehead atoms. The highest BCUT2D eigenvalue weighted by atomic mass is 35.6. The SMILES string of the molecule is CCCC(=C[SiH2]Cl)CCC. The molecule has 0 aliphatic carbocycles. The fourth-order valence-corrected chi connectivity index (χ4v) is 2.36. The minimum absolute atomic E-state index is 0.364. The minimum Gasteiger partial charge on any atom is -0.171 e. The van der Waals surface area contributed by atoms with Crippen molar-refractivity contribution in [3.63, 3.8) is 0 Å². The van der Waals surface area contributed by atoms with Crippen molar-refractivity contribution >= 4 is 19.9 Å². The summed E-state index contributed by atoms with van der Waals surface area (Å²) < 4.78 is 0. The van der Waals surface area contributed by atoms with E-state index in [0.717, 1.165) is 0 Å². The van der Waals surface area contributed by atoms with Gasteiger partial charge in [0, 0.05) is 0 Å². The summed E-state index contributed by atoms with van der Waals surface area (Å²) >= 11 is 5.73. The molecule has 0 rings (SSSR count). The molecule has 0 heterocycles. The Kier molecular flexibility index (Phi) is 7.54. The Bertz CT molecular complexity index is 91.4. The van der Waals surface area contributed by atoms with Crippen LogP contribution in [-0.4, -0.2) is 8.83 Å². The molecule has 0 N–H and O–H groups in total. The largest absolute Gasteiger partial charge is 0.171 e. The highest BCUT2D eigenvalue weighted by molar-refractivity contribution is 6.96. The molecule has 0 saturated heterocycles. The van der Waals surface area contributed by atoms with Crippen molar-refractivity contribution < 1.29 is 0 Å². The third-order valence-corrected chi connectivity index (χ3v) is 2.70. The average Bonchev–Trinajstić information content (AvgIpc) is 1.90. The van der Waals surface area contributed by atoms with Crippen LogP contribution in [0, 0.1) is 0 Å². The first-order valence-electron chi connectivity index (χ1n) is 4.09. The average molecular weight is 177 g/mol. The van der Waals surface area contributed by atoms with Gasteiger partial charge in [-0.15, -0.1) is 0 Å². The van der Waals surface area contributed by atoms with Crippen molar-refractivity contribution in [1.29, 1.82) is 0 Å². The van der Waals surface area contributed by atoms with Gasteiger partial charge >= 0.3 is 0 Å². The lowest BCUT2D eigenvalue weighted by Crippen LogP contribution is -1.84. The summed E-state index contributed by atoms with van der Waals surface area (Å²) in [6, 6.07) is 0. The van der Waals surface area contributed by atoms with Gasteiger partial charge < -0.3 is 0 Å². The van der Waals surface area contributed by atoms with Gasteiger partial charge in [0.1, 0.15) is 8.83 Å². The predicted octanol–water partition coefficient (Wildman–Crippen LogP) is 2.79. The topological polar surface area (TPSA) is 0 Å². The number of rotatable bonds is 5. The minimum atomic E-state index is -0.364. The lowest BCUT2D eigenvalue weighted by Gasteiger charge is -2.01. The molecular formula is C8H17ClSi. The lowest BCUT2D eigenvalue weighted by atomic mass is 10.1. The van der Waals surface area contributed by atoms with Crippen LogP contribution in [0.25, 0.3) is 0 Å². The van der Waals surface area contributed by atoms with E-state index in [0.29, 0.717) is 0 Å². The normalized spacial score (nSPS) is 10.7. The standard InChI is InChI=1S/C8H17ClSi/c1-3-5-8(6-4-2)7-10-9/h7H,3-6,10H2,1-2H3. The summed E-state index contributed by atoms with van der Waals surface area (Å²) in [6.45, 7) is 4.44. The fourth-order valence-electron chi connectivity index (χ4n) is 1.08. The van der Waals surface area contributed by atoms with E-state index in [-0.39, 0.29) is 8.83 Å². The summed E-state index contributed by atoms with van der Waals surface area (Å²) in [4.78, 5) is 0. The summed E-state index contributed by atoms with van der Waals surface area (Å²) in [5.41, 5.74) is 3.88. The molecule has 0 atom stereocenters. The zero-order valence-corrected chi connectivity index (χ0v) is 9.16. The maximum Gasteiger partial charge on any atom is 0.148 e. The van der Waals surface area contributed by atoms with Gasteiger partial charge in [-0.25, -0.2) is 0 Å². The van der Waals surface area contributed by atoms with Crippen LogP contribution in [0.15, 0.2) is 11.3 Å². The lowest BCUT2D eigenvalue weighted by molar-refractivity contribution is 0.805. The zero-order chi connectivity index (χ0) is 7.82. The maximum atomic E-state index is 5.73. The van der Waals surface area contributed by atoms with Crippen LogP contribution in [0.1, 0.15) is 39.5 Å². The van der Waals surface area contributed by atoms with Gasteiger partial charge in [-0.1, -0.05) is 38.0 Å². The second-order valence-electron chi connectivity index (χ2n) is 2.52. The Morgan fingerprint density at radius 2 is 1.80 bits per heavy atom. The van der Waals surface area contributed by atoms with E-state index in [2.05, 4.69) is 19.5 Å². The molecule has 0 aliphatic rings. The molecule has 0 fully saturated rings. The molecule has 0 radical (unpaired) electrons. The third kappa shape index (κ3) is 5.07. The fraction of sp³-hybridized carbons (Fsp3) is 0.750. The molecule has 10 heavy (non-hydrogen) atoms.